The molecule has 0 amide bonds. The lowest BCUT2D eigenvalue weighted by Gasteiger charge is -2.30. The van der Waals surface area contributed by atoms with E-state index in [-0.39, 0.29) is 0 Å². The van der Waals surface area contributed by atoms with Crippen LogP contribution in [0.25, 0.3) is 0 Å². The molecule has 1 aromatic carbocycles. The van der Waals surface area contributed by atoms with Gasteiger partial charge in [-0.15, -0.1) is 0 Å². The van der Waals surface area contributed by atoms with E-state index in [4.69, 9.17) is 0 Å². The number of nitrogens with zero attached hydrogens (tertiary/aromatic N) is 1. The second-order valence-electron chi connectivity index (χ2n) is 6.38. The summed E-state index contributed by atoms with van der Waals surface area (Å²) in [4.78, 5) is 2.78. The fourth-order valence-corrected chi connectivity index (χ4v) is 3.76. The first kappa shape index (κ1) is 13.1. The standard InChI is InChI=1S/C17H26N2/c1-12-4-7-16(13(2)10-12)17-14(11-18-3)8-9-19(17)15-5-6-15/h4,7,10,14-15,17-18H,5-6,8-9,11H2,1-3H3. The van der Waals surface area contributed by atoms with E-state index in [1.165, 1.54) is 36.9 Å². The molecule has 1 aliphatic carbocycles. The fraction of sp³-hybridized carbons (Fsp3) is 0.647. The van der Waals surface area contributed by atoms with Crippen LogP contribution in [0.15, 0.2) is 18.2 Å². The van der Waals surface area contributed by atoms with Crippen LogP contribution >= 0.6 is 0 Å². The van der Waals surface area contributed by atoms with Gasteiger partial charge in [-0.2, -0.15) is 0 Å². The quantitative estimate of drug-likeness (QED) is 0.893. The number of benzene rings is 1. The van der Waals surface area contributed by atoms with Crippen LogP contribution in [0, 0.1) is 19.8 Å². The fourth-order valence-electron chi connectivity index (χ4n) is 3.76. The SMILES string of the molecule is CNCC1CCN(C2CC2)C1c1ccc(C)cc1C. The summed E-state index contributed by atoms with van der Waals surface area (Å²) in [6.45, 7) is 6.90. The molecule has 104 valence electrons. The van der Waals surface area contributed by atoms with Crippen LogP contribution in [0.5, 0.6) is 0 Å². The van der Waals surface area contributed by atoms with Crippen LogP contribution in [0.3, 0.4) is 0 Å². The molecule has 1 heterocycles. The summed E-state index contributed by atoms with van der Waals surface area (Å²) in [7, 11) is 2.08. The van der Waals surface area contributed by atoms with Gasteiger partial charge in [0, 0.05) is 12.1 Å². The molecule has 19 heavy (non-hydrogen) atoms. The highest BCUT2D eigenvalue weighted by atomic mass is 15.2. The van der Waals surface area contributed by atoms with Gasteiger partial charge in [-0.1, -0.05) is 23.8 Å². The third-order valence-corrected chi connectivity index (χ3v) is 4.79. The van der Waals surface area contributed by atoms with Crippen molar-refractivity contribution in [2.45, 2.75) is 45.2 Å². The Hall–Kier alpha value is -0.860. The van der Waals surface area contributed by atoms with Crippen LogP contribution in [0.4, 0.5) is 0 Å². The summed E-state index contributed by atoms with van der Waals surface area (Å²) >= 11 is 0. The monoisotopic (exact) mass is 258 g/mol. The lowest BCUT2D eigenvalue weighted by Crippen LogP contribution is -2.31. The zero-order valence-electron chi connectivity index (χ0n) is 12.4. The number of rotatable bonds is 4. The van der Waals surface area contributed by atoms with Crippen LogP contribution in [0.2, 0.25) is 0 Å². The lowest BCUT2D eigenvalue weighted by atomic mass is 9.90. The molecule has 0 aromatic heterocycles. The van der Waals surface area contributed by atoms with Gasteiger partial charge in [-0.05, 0) is 70.3 Å². The van der Waals surface area contributed by atoms with Gasteiger partial charge < -0.3 is 5.32 Å². The van der Waals surface area contributed by atoms with Crippen molar-refractivity contribution in [1.82, 2.24) is 10.2 Å². The van der Waals surface area contributed by atoms with Gasteiger partial charge >= 0.3 is 0 Å². The maximum absolute atomic E-state index is 3.39. The molecule has 2 heteroatoms. The Labute approximate surface area is 117 Å². The van der Waals surface area contributed by atoms with Gasteiger partial charge in [-0.25, -0.2) is 0 Å². The van der Waals surface area contributed by atoms with Gasteiger partial charge in [0.25, 0.3) is 0 Å². The molecule has 1 saturated carbocycles. The van der Waals surface area contributed by atoms with Crippen molar-refractivity contribution in [3.8, 4) is 0 Å². The first-order valence-electron chi connectivity index (χ1n) is 7.68. The van der Waals surface area contributed by atoms with E-state index in [0.29, 0.717) is 6.04 Å². The third kappa shape index (κ3) is 2.56. The summed E-state index contributed by atoms with van der Waals surface area (Å²) in [6, 6.07) is 8.50. The molecule has 2 nitrogen and oxygen atoms in total. The second kappa shape index (κ2) is 5.26. The Morgan fingerprint density at radius 3 is 2.63 bits per heavy atom. The van der Waals surface area contributed by atoms with Crippen LogP contribution < -0.4 is 5.32 Å². The van der Waals surface area contributed by atoms with Crippen molar-refractivity contribution < 1.29 is 0 Å². The topological polar surface area (TPSA) is 15.3 Å². The maximum Gasteiger partial charge on any atom is 0.0394 e. The summed E-state index contributed by atoms with van der Waals surface area (Å²) in [5.41, 5.74) is 4.41. The Balaban J connectivity index is 1.91. The van der Waals surface area contributed by atoms with E-state index in [1.54, 1.807) is 5.56 Å². The van der Waals surface area contributed by atoms with Gasteiger partial charge in [0.2, 0.25) is 0 Å². The predicted molar refractivity (Wildman–Crippen MR) is 80.4 cm³/mol. The smallest absolute Gasteiger partial charge is 0.0394 e. The van der Waals surface area contributed by atoms with Gasteiger partial charge in [0.15, 0.2) is 0 Å². The molecule has 1 saturated heterocycles. The highest BCUT2D eigenvalue weighted by Crippen LogP contribution is 2.44. The normalized spacial score (nSPS) is 27.9. The summed E-state index contributed by atoms with van der Waals surface area (Å²) in [5, 5.41) is 3.39. The number of likely N-dealkylation sites (tertiary alicyclic amines) is 1. The van der Waals surface area contributed by atoms with Crippen molar-refractivity contribution in [2.24, 2.45) is 5.92 Å². The maximum atomic E-state index is 3.39. The van der Waals surface area contributed by atoms with Crippen LogP contribution in [0.1, 0.15) is 42.0 Å². The molecule has 0 bridgehead atoms. The zero-order valence-corrected chi connectivity index (χ0v) is 12.4. The van der Waals surface area contributed by atoms with Crippen molar-refractivity contribution in [3.05, 3.63) is 34.9 Å². The Morgan fingerprint density at radius 2 is 2.00 bits per heavy atom. The zero-order chi connectivity index (χ0) is 13.4. The molecule has 0 radical (unpaired) electrons. The molecular weight excluding hydrogens is 232 g/mol. The van der Waals surface area contributed by atoms with E-state index in [2.05, 4.69) is 49.3 Å². The molecule has 2 fully saturated rings. The average molecular weight is 258 g/mol. The molecule has 1 aliphatic heterocycles. The Bertz CT molecular complexity index is 451. The van der Waals surface area contributed by atoms with Gasteiger partial charge in [0.1, 0.15) is 0 Å². The second-order valence-corrected chi connectivity index (χ2v) is 6.38. The van der Waals surface area contributed by atoms with E-state index in [0.717, 1.165) is 18.5 Å². The minimum Gasteiger partial charge on any atom is -0.319 e. The summed E-state index contributed by atoms with van der Waals surface area (Å²) in [5.74, 6) is 0.770. The minimum absolute atomic E-state index is 0.639. The Morgan fingerprint density at radius 1 is 1.21 bits per heavy atom. The molecule has 2 unspecified atom stereocenters. The van der Waals surface area contributed by atoms with E-state index in [9.17, 15) is 0 Å². The summed E-state index contributed by atoms with van der Waals surface area (Å²) < 4.78 is 0. The van der Waals surface area contributed by atoms with Crippen molar-refractivity contribution >= 4 is 0 Å². The van der Waals surface area contributed by atoms with Crippen molar-refractivity contribution in [3.63, 3.8) is 0 Å². The van der Waals surface area contributed by atoms with Gasteiger partial charge in [-0.3, -0.25) is 4.90 Å². The molecule has 0 spiro atoms. The first-order valence-corrected chi connectivity index (χ1v) is 7.68. The highest BCUT2D eigenvalue weighted by Gasteiger charge is 2.42. The van der Waals surface area contributed by atoms with Crippen LogP contribution in [-0.4, -0.2) is 31.1 Å². The molecule has 1 aromatic rings. The highest BCUT2D eigenvalue weighted by molar-refractivity contribution is 5.34. The van der Waals surface area contributed by atoms with E-state index >= 15 is 0 Å². The molecule has 1 N–H and O–H groups in total. The van der Waals surface area contributed by atoms with E-state index in [1.807, 2.05) is 0 Å². The van der Waals surface area contributed by atoms with Crippen LogP contribution in [-0.2, 0) is 0 Å². The molecule has 2 aliphatic rings. The third-order valence-electron chi connectivity index (χ3n) is 4.79. The molecule has 3 rings (SSSR count). The van der Waals surface area contributed by atoms with E-state index < -0.39 is 0 Å². The van der Waals surface area contributed by atoms with Crippen molar-refractivity contribution in [2.75, 3.05) is 20.1 Å². The first-order chi connectivity index (χ1) is 9.20. The largest absolute Gasteiger partial charge is 0.319 e. The predicted octanol–water partition coefficient (Wildman–Crippen LogP) is 3.05. The number of hydrogen-bond donors (Lipinski definition) is 1. The Kier molecular flexibility index (Phi) is 3.64. The number of aryl methyl sites for hydroxylation is 2. The molecule has 2 atom stereocenters. The number of hydrogen-bond acceptors (Lipinski definition) is 2. The van der Waals surface area contributed by atoms with Crippen molar-refractivity contribution in [1.29, 1.82) is 0 Å². The summed E-state index contributed by atoms with van der Waals surface area (Å²) in [6.07, 6.45) is 4.16. The average Bonchev–Trinajstić information content (AvgIpc) is 3.13. The van der Waals surface area contributed by atoms with Gasteiger partial charge in [0.05, 0.1) is 0 Å². The lowest BCUT2D eigenvalue weighted by molar-refractivity contribution is 0.216. The number of nitrogens with one attached hydrogen (secondary N) is 1. The molecular formula is C17H26N2. The minimum atomic E-state index is 0.639.